The van der Waals surface area contributed by atoms with Crippen LogP contribution in [-0.4, -0.2) is 8.42 Å². The Balaban J connectivity index is 2.36. The number of sulfonamides is 1. The van der Waals surface area contributed by atoms with Crippen molar-refractivity contribution in [1.29, 1.82) is 0 Å². The first kappa shape index (κ1) is 14.4. The van der Waals surface area contributed by atoms with Crippen molar-refractivity contribution in [3.63, 3.8) is 0 Å². The van der Waals surface area contributed by atoms with E-state index in [1.807, 2.05) is 26.0 Å². The number of hydrogen-bond donors (Lipinski definition) is 1. The van der Waals surface area contributed by atoms with Crippen LogP contribution >= 0.6 is 22.9 Å². The quantitative estimate of drug-likeness (QED) is 0.861. The van der Waals surface area contributed by atoms with Crippen molar-refractivity contribution in [3.05, 3.63) is 46.8 Å². The summed E-state index contributed by atoms with van der Waals surface area (Å²) in [5.41, 5.74) is 1.29. The summed E-state index contributed by atoms with van der Waals surface area (Å²) in [7, 11) is -3.54. The van der Waals surface area contributed by atoms with E-state index in [9.17, 15) is 8.42 Å². The molecule has 1 heterocycles. The molecule has 1 unspecified atom stereocenters. The standard InChI is InChI=1S/C13H14ClNO2S2/c1-9-7-8-13(18-9)19(16,17)15-12-6-4-3-5-11(12)10(2)14/h3-8,10,15H,1-2H3. The van der Waals surface area contributed by atoms with Gasteiger partial charge in [-0.25, -0.2) is 8.42 Å². The maximum absolute atomic E-state index is 12.2. The highest BCUT2D eigenvalue weighted by Crippen LogP contribution is 2.30. The SMILES string of the molecule is Cc1ccc(S(=O)(=O)Nc2ccccc2C(C)Cl)s1. The molecule has 0 aliphatic carbocycles. The third kappa shape index (κ3) is 3.29. The predicted molar refractivity (Wildman–Crippen MR) is 80.6 cm³/mol. The van der Waals surface area contributed by atoms with Gasteiger partial charge >= 0.3 is 0 Å². The van der Waals surface area contributed by atoms with Crippen LogP contribution in [0.1, 0.15) is 22.7 Å². The molecule has 0 aliphatic rings. The first-order valence-electron chi connectivity index (χ1n) is 5.72. The molecule has 1 aromatic carbocycles. The summed E-state index contributed by atoms with van der Waals surface area (Å²) in [5, 5.41) is -0.260. The Labute approximate surface area is 122 Å². The van der Waals surface area contributed by atoms with Gasteiger partial charge in [-0.2, -0.15) is 0 Å². The number of hydrogen-bond acceptors (Lipinski definition) is 3. The molecule has 19 heavy (non-hydrogen) atoms. The molecule has 0 radical (unpaired) electrons. The summed E-state index contributed by atoms with van der Waals surface area (Å²) in [6.45, 7) is 3.68. The second kappa shape index (κ2) is 5.53. The number of aryl methyl sites for hydroxylation is 1. The molecule has 1 N–H and O–H groups in total. The zero-order chi connectivity index (χ0) is 14.0. The lowest BCUT2D eigenvalue weighted by atomic mass is 10.1. The molecule has 0 fully saturated rings. The highest BCUT2D eigenvalue weighted by atomic mass is 35.5. The number of rotatable bonds is 4. The molecule has 0 saturated heterocycles. The highest BCUT2D eigenvalue weighted by Gasteiger charge is 2.18. The number of nitrogens with one attached hydrogen (secondary N) is 1. The molecule has 0 saturated carbocycles. The van der Waals surface area contributed by atoms with Gasteiger partial charge in [-0.3, -0.25) is 4.72 Å². The Bertz CT molecular complexity index is 677. The molecular formula is C13H14ClNO2S2. The zero-order valence-corrected chi connectivity index (χ0v) is 12.9. The van der Waals surface area contributed by atoms with Crippen LogP contribution in [-0.2, 0) is 10.0 Å². The van der Waals surface area contributed by atoms with Crippen LogP contribution in [0, 0.1) is 6.92 Å². The lowest BCUT2D eigenvalue weighted by molar-refractivity contribution is 0.603. The van der Waals surface area contributed by atoms with Crippen LogP contribution in [0.3, 0.4) is 0 Å². The van der Waals surface area contributed by atoms with Crippen molar-refractivity contribution in [1.82, 2.24) is 0 Å². The summed E-state index contributed by atoms with van der Waals surface area (Å²) in [6.07, 6.45) is 0. The van der Waals surface area contributed by atoms with Gasteiger partial charge in [-0.15, -0.1) is 22.9 Å². The second-order valence-electron chi connectivity index (χ2n) is 4.17. The van der Waals surface area contributed by atoms with Crippen LogP contribution in [0.2, 0.25) is 0 Å². The van der Waals surface area contributed by atoms with Gasteiger partial charge in [0.15, 0.2) is 0 Å². The molecule has 0 amide bonds. The van der Waals surface area contributed by atoms with E-state index < -0.39 is 10.0 Å². The van der Waals surface area contributed by atoms with Crippen LogP contribution in [0.5, 0.6) is 0 Å². The van der Waals surface area contributed by atoms with Gasteiger partial charge in [0.05, 0.1) is 11.1 Å². The number of para-hydroxylation sites is 1. The number of anilines is 1. The number of halogens is 1. The minimum Gasteiger partial charge on any atom is -0.279 e. The Morgan fingerprint density at radius 1 is 1.21 bits per heavy atom. The average Bonchev–Trinajstić information content (AvgIpc) is 2.76. The third-order valence-corrected chi connectivity index (χ3v) is 5.71. The van der Waals surface area contributed by atoms with Crippen LogP contribution in [0.4, 0.5) is 5.69 Å². The Kier molecular flexibility index (Phi) is 4.18. The second-order valence-corrected chi connectivity index (χ2v) is 8.03. The molecular weight excluding hydrogens is 302 g/mol. The van der Waals surface area contributed by atoms with Crippen LogP contribution in [0.25, 0.3) is 0 Å². The fourth-order valence-electron chi connectivity index (χ4n) is 1.69. The molecule has 0 spiro atoms. The van der Waals surface area contributed by atoms with E-state index in [1.54, 1.807) is 24.3 Å². The van der Waals surface area contributed by atoms with E-state index in [4.69, 9.17) is 11.6 Å². The molecule has 6 heteroatoms. The summed E-state index contributed by atoms with van der Waals surface area (Å²) in [4.78, 5) is 0.958. The van der Waals surface area contributed by atoms with Crippen LogP contribution in [0.15, 0.2) is 40.6 Å². The van der Waals surface area contributed by atoms with E-state index >= 15 is 0 Å². The monoisotopic (exact) mass is 315 g/mol. The lowest BCUT2D eigenvalue weighted by Crippen LogP contribution is -2.13. The van der Waals surface area contributed by atoms with Gasteiger partial charge in [0.1, 0.15) is 4.21 Å². The summed E-state index contributed by atoms with van der Waals surface area (Å²) < 4.78 is 27.4. The van der Waals surface area contributed by atoms with Gasteiger partial charge in [0.25, 0.3) is 10.0 Å². The summed E-state index contributed by atoms with van der Waals surface area (Å²) in [6, 6.07) is 10.5. The van der Waals surface area contributed by atoms with Crippen molar-refractivity contribution in [3.8, 4) is 0 Å². The predicted octanol–water partition coefficient (Wildman–Crippen LogP) is 4.16. The van der Waals surface area contributed by atoms with Gasteiger partial charge < -0.3 is 0 Å². The van der Waals surface area contributed by atoms with Crippen molar-refractivity contribution in [2.24, 2.45) is 0 Å². The van der Waals surface area contributed by atoms with E-state index in [-0.39, 0.29) is 5.38 Å². The maximum Gasteiger partial charge on any atom is 0.271 e. The molecule has 102 valence electrons. The Morgan fingerprint density at radius 3 is 2.47 bits per heavy atom. The largest absolute Gasteiger partial charge is 0.279 e. The van der Waals surface area contributed by atoms with Crippen molar-refractivity contribution in [2.45, 2.75) is 23.4 Å². The van der Waals surface area contributed by atoms with E-state index in [2.05, 4.69) is 4.72 Å². The first-order valence-corrected chi connectivity index (χ1v) is 8.46. The molecule has 3 nitrogen and oxygen atoms in total. The van der Waals surface area contributed by atoms with Gasteiger partial charge in [-0.1, -0.05) is 18.2 Å². The molecule has 0 bridgehead atoms. The highest BCUT2D eigenvalue weighted by molar-refractivity contribution is 7.94. The average molecular weight is 316 g/mol. The van der Waals surface area contributed by atoms with Crippen LogP contribution < -0.4 is 4.72 Å². The topological polar surface area (TPSA) is 46.2 Å². The van der Waals surface area contributed by atoms with Crippen molar-refractivity contribution < 1.29 is 8.42 Å². The first-order chi connectivity index (χ1) is 8.90. The third-order valence-electron chi connectivity index (χ3n) is 2.61. The number of thiophene rings is 1. The van der Waals surface area contributed by atoms with E-state index in [1.165, 1.54) is 11.3 Å². The molecule has 2 rings (SSSR count). The Hall–Kier alpha value is -1.04. The normalized spacial score (nSPS) is 13.2. The van der Waals surface area contributed by atoms with Crippen molar-refractivity contribution >= 4 is 38.6 Å². The molecule has 1 aromatic heterocycles. The van der Waals surface area contributed by atoms with E-state index in [0.29, 0.717) is 9.90 Å². The summed E-state index contributed by atoms with van der Waals surface area (Å²) in [5.74, 6) is 0. The molecule has 0 aliphatic heterocycles. The fourth-order valence-corrected chi connectivity index (χ4v) is 4.25. The van der Waals surface area contributed by atoms with Gasteiger partial charge in [0, 0.05) is 4.88 Å². The Morgan fingerprint density at radius 2 is 1.89 bits per heavy atom. The minimum absolute atomic E-state index is 0.260. The van der Waals surface area contributed by atoms with Gasteiger partial charge in [-0.05, 0) is 37.6 Å². The lowest BCUT2D eigenvalue weighted by Gasteiger charge is -2.12. The van der Waals surface area contributed by atoms with Crippen molar-refractivity contribution in [2.75, 3.05) is 4.72 Å². The molecule has 2 aromatic rings. The fraction of sp³-hybridized carbons (Fsp3) is 0.231. The minimum atomic E-state index is -3.54. The number of alkyl halides is 1. The molecule has 1 atom stereocenters. The number of benzene rings is 1. The smallest absolute Gasteiger partial charge is 0.271 e. The zero-order valence-electron chi connectivity index (χ0n) is 10.6. The summed E-state index contributed by atoms with van der Waals surface area (Å²) >= 11 is 7.30. The van der Waals surface area contributed by atoms with Gasteiger partial charge in [0.2, 0.25) is 0 Å². The maximum atomic E-state index is 12.2. The van der Waals surface area contributed by atoms with E-state index in [0.717, 1.165) is 10.4 Å².